The normalized spacial score (nSPS) is 14.0. The molecule has 0 radical (unpaired) electrons. The number of amides is 1. The number of hydrogen-bond acceptors (Lipinski definition) is 6. The van der Waals surface area contributed by atoms with Gasteiger partial charge in [0.25, 0.3) is 5.91 Å². The van der Waals surface area contributed by atoms with Crippen molar-refractivity contribution in [2.24, 2.45) is 5.92 Å². The molecule has 0 spiro atoms. The van der Waals surface area contributed by atoms with Crippen LogP contribution in [0.4, 0.5) is 0 Å². The van der Waals surface area contributed by atoms with Gasteiger partial charge in [-0.1, -0.05) is 6.92 Å². The van der Waals surface area contributed by atoms with Crippen LogP contribution >= 0.6 is 0 Å². The molecule has 1 aliphatic rings. The summed E-state index contributed by atoms with van der Waals surface area (Å²) in [4.78, 5) is 27.0. The molecule has 2 N–H and O–H groups in total. The highest BCUT2D eigenvalue weighted by molar-refractivity contribution is 5.97. The summed E-state index contributed by atoms with van der Waals surface area (Å²) in [6.07, 6.45) is 1.17. The Morgan fingerprint density at radius 1 is 1.29 bits per heavy atom. The molecule has 2 aromatic rings. The van der Waals surface area contributed by atoms with Crippen molar-refractivity contribution in [3.05, 3.63) is 30.3 Å². The van der Waals surface area contributed by atoms with Crippen molar-refractivity contribution in [2.75, 3.05) is 19.8 Å². The minimum atomic E-state index is -0.984. The summed E-state index contributed by atoms with van der Waals surface area (Å²) in [5.41, 5.74) is 0.706. The lowest BCUT2D eigenvalue weighted by Gasteiger charge is -2.18. The molecule has 0 unspecified atom stereocenters. The van der Waals surface area contributed by atoms with Crippen molar-refractivity contribution in [3.63, 3.8) is 0 Å². The van der Waals surface area contributed by atoms with Crippen molar-refractivity contribution in [3.8, 4) is 22.8 Å². The van der Waals surface area contributed by atoms with Crippen LogP contribution in [-0.4, -0.2) is 41.7 Å². The van der Waals surface area contributed by atoms with Gasteiger partial charge in [-0.15, -0.1) is 0 Å². The smallest absolute Gasteiger partial charge is 0.308 e. The Labute approximate surface area is 137 Å². The molecule has 1 aromatic heterocycles. The predicted molar refractivity (Wildman–Crippen MR) is 82.1 cm³/mol. The first-order chi connectivity index (χ1) is 11.6. The maximum absolute atomic E-state index is 12.2. The summed E-state index contributed by atoms with van der Waals surface area (Å²) in [5.74, 6) is -0.692. The molecule has 3 rings (SSSR count). The van der Waals surface area contributed by atoms with E-state index in [1.54, 1.807) is 18.2 Å². The quantitative estimate of drug-likeness (QED) is 0.854. The van der Waals surface area contributed by atoms with Crippen molar-refractivity contribution in [1.29, 1.82) is 0 Å². The molecule has 126 valence electrons. The van der Waals surface area contributed by atoms with Crippen molar-refractivity contribution < 1.29 is 28.6 Å². The molecular formula is C16H16N2O6. The van der Waals surface area contributed by atoms with Crippen LogP contribution in [0.15, 0.2) is 29.0 Å². The minimum Gasteiger partial charge on any atom is -0.486 e. The number of hydrogen-bond donors (Lipinski definition) is 2. The first-order valence-corrected chi connectivity index (χ1v) is 7.40. The van der Waals surface area contributed by atoms with E-state index in [0.717, 1.165) is 0 Å². The van der Waals surface area contributed by atoms with Crippen LogP contribution in [0.25, 0.3) is 11.3 Å². The Bertz CT molecular complexity index is 770. The largest absolute Gasteiger partial charge is 0.486 e. The second kappa shape index (κ2) is 6.61. The SMILES string of the molecule is C[C@H](CNC(=O)c1ncoc1-c1ccc2c(c1)OCCO2)C(=O)O. The maximum atomic E-state index is 12.2. The Balaban J connectivity index is 1.80. The third-order valence-electron chi connectivity index (χ3n) is 3.58. The number of ether oxygens (including phenoxy) is 2. The highest BCUT2D eigenvalue weighted by Gasteiger charge is 2.22. The molecule has 0 fully saturated rings. The van der Waals surface area contributed by atoms with Gasteiger partial charge in [0.05, 0.1) is 5.92 Å². The van der Waals surface area contributed by atoms with E-state index in [4.69, 9.17) is 19.0 Å². The molecule has 8 heteroatoms. The number of carbonyl (C=O) groups is 2. The fraction of sp³-hybridized carbons (Fsp3) is 0.312. The number of fused-ring (bicyclic) bond motifs is 1. The fourth-order valence-corrected chi connectivity index (χ4v) is 2.21. The lowest BCUT2D eigenvalue weighted by molar-refractivity contribution is -0.140. The number of rotatable bonds is 5. The number of nitrogens with zero attached hydrogens (tertiary/aromatic N) is 1. The molecule has 24 heavy (non-hydrogen) atoms. The fourth-order valence-electron chi connectivity index (χ4n) is 2.21. The molecule has 0 bridgehead atoms. The van der Waals surface area contributed by atoms with Gasteiger partial charge in [-0.05, 0) is 18.2 Å². The third-order valence-corrected chi connectivity index (χ3v) is 3.58. The number of aromatic nitrogens is 1. The molecule has 1 aliphatic heterocycles. The Kier molecular flexibility index (Phi) is 4.37. The summed E-state index contributed by atoms with van der Waals surface area (Å²) in [6, 6.07) is 5.19. The molecule has 1 atom stereocenters. The predicted octanol–water partition coefficient (Wildman–Crippen LogP) is 1.56. The van der Waals surface area contributed by atoms with Gasteiger partial charge in [0.15, 0.2) is 29.3 Å². The minimum absolute atomic E-state index is 0.00159. The van der Waals surface area contributed by atoms with Gasteiger partial charge in [0, 0.05) is 12.1 Å². The van der Waals surface area contributed by atoms with E-state index in [0.29, 0.717) is 30.3 Å². The number of benzene rings is 1. The molecule has 0 saturated heterocycles. The molecule has 2 heterocycles. The van der Waals surface area contributed by atoms with Gasteiger partial charge >= 0.3 is 5.97 Å². The summed E-state index contributed by atoms with van der Waals surface area (Å²) >= 11 is 0. The van der Waals surface area contributed by atoms with Crippen LogP contribution in [0.2, 0.25) is 0 Å². The number of oxazole rings is 1. The first-order valence-electron chi connectivity index (χ1n) is 7.40. The number of aliphatic carboxylic acids is 1. The molecule has 8 nitrogen and oxygen atoms in total. The van der Waals surface area contributed by atoms with E-state index in [1.165, 1.54) is 13.3 Å². The highest BCUT2D eigenvalue weighted by Crippen LogP contribution is 2.35. The topological polar surface area (TPSA) is 111 Å². The van der Waals surface area contributed by atoms with Gasteiger partial charge in [0.2, 0.25) is 0 Å². The average molecular weight is 332 g/mol. The van der Waals surface area contributed by atoms with E-state index < -0.39 is 17.8 Å². The van der Waals surface area contributed by atoms with Crippen LogP contribution < -0.4 is 14.8 Å². The second-order valence-electron chi connectivity index (χ2n) is 5.34. The molecular weight excluding hydrogens is 316 g/mol. The molecule has 1 amide bonds. The molecule has 0 aliphatic carbocycles. The summed E-state index contributed by atoms with van der Waals surface area (Å²) < 4.78 is 16.3. The van der Waals surface area contributed by atoms with E-state index in [1.807, 2.05) is 0 Å². The van der Waals surface area contributed by atoms with E-state index in [9.17, 15) is 9.59 Å². The average Bonchev–Trinajstić information content (AvgIpc) is 3.08. The standard InChI is InChI=1S/C16H16N2O6/c1-9(16(20)21)7-17-15(19)13-14(24-8-18-13)10-2-3-11-12(6-10)23-5-4-22-11/h2-3,6,8-9H,4-5,7H2,1H3,(H,17,19)(H,20,21)/t9-/m1/s1. The first kappa shape index (κ1) is 15.9. The summed E-state index contributed by atoms with van der Waals surface area (Å²) in [5, 5.41) is 11.4. The van der Waals surface area contributed by atoms with E-state index in [2.05, 4.69) is 10.3 Å². The second-order valence-corrected chi connectivity index (χ2v) is 5.34. The Hall–Kier alpha value is -3.03. The number of carboxylic acids is 1. The zero-order valence-electron chi connectivity index (χ0n) is 12.9. The van der Waals surface area contributed by atoms with Gasteiger partial charge in [-0.2, -0.15) is 0 Å². The van der Waals surface area contributed by atoms with Crippen LogP contribution in [-0.2, 0) is 4.79 Å². The monoisotopic (exact) mass is 332 g/mol. The van der Waals surface area contributed by atoms with Crippen LogP contribution in [0, 0.1) is 5.92 Å². The van der Waals surface area contributed by atoms with Crippen LogP contribution in [0.5, 0.6) is 11.5 Å². The molecule has 0 saturated carbocycles. The summed E-state index contributed by atoms with van der Waals surface area (Å²) in [6.45, 7) is 2.45. The van der Waals surface area contributed by atoms with Gasteiger partial charge in [0.1, 0.15) is 13.2 Å². The number of carbonyl (C=O) groups excluding carboxylic acids is 1. The lowest BCUT2D eigenvalue weighted by Crippen LogP contribution is -2.31. The van der Waals surface area contributed by atoms with Gasteiger partial charge in [-0.3, -0.25) is 9.59 Å². The van der Waals surface area contributed by atoms with Crippen molar-refractivity contribution in [2.45, 2.75) is 6.92 Å². The van der Waals surface area contributed by atoms with E-state index in [-0.39, 0.29) is 18.0 Å². The zero-order valence-corrected chi connectivity index (χ0v) is 12.9. The highest BCUT2D eigenvalue weighted by atomic mass is 16.6. The number of nitrogens with one attached hydrogen (secondary N) is 1. The Morgan fingerprint density at radius 3 is 2.79 bits per heavy atom. The van der Waals surface area contributed by atoms with Crippen molar-refractivity contribution >= 4 is 11.9 Å². The van der Waals surface area contributed by atoms with Gasteiger partial charge < -0.3 is 24.3 Å². The number of carboxylic acid groups (broad SMARTS) is 1. The summed E-state index contributed by atoms with van der Waals surface area (Å²) in [7, 11) is 0. The Morgan fingerprint density at radius 2 is 2.04 bits per heavy atom. The van der Waals surface area contributed by atoms with Crippen LogP contribution in [0.1, 0.15) is 17.4 Å². The van der Waals surface area contributed by atoms with Crippen molar-refractivity contribution in [1.82, 2.24) is 10.3 Å². The lowest BCUT2D eigenvalue weighted by atomic mass is 10.1. The van der Waals surface area contributed by atoms with Gasteiger partial charge in [-0.25, -0.2) is 4.98 Å². The third kappa shape index (κ3) is 3.17. The molecule has 1 aromatic carbocycles. The zero-order chi connectivity index (χ0) is 17.1. The van der Waals surface area contributed by atoms with E-state index >= 15 is 0 Å². The van der Waals surface area contributed by atoms with Crippen LogP contribution in [0.3, 0.4) is 0 Å². The maximum Gasteiger partial charge on any atom is 0.308 e.